The summed E-state index contributed by atoms with van der Waals surface area (Å²) in [7, 11) is 1.62. The van der Waals surface area contributed by atoms with Crippen LogP contribution in [0.5, 0.6) is 5.75 Å². The molecule has 104 valence electrons. The van der Waals surface area contributed by atoms with Gasteiger partial charge in [0.25, 0.3) is 0 Å². The fourth-order valence-corrected chi connectivity index (χ4v) is 2.27. The molecule has 1 aromatic heterocycles. The number of methoxy groups -OCH3 is 1. The highest BCUT2D eigenvalue weighted by Gasteiger charge is 2.12. The van der Waals surface area contributed by atoms with Gasteiger partial charge in [-0.25, -0.2) is 0 Å². The van der Waals surface area contributed by atoms with E-state index in [9.17, 15) is 4.79 Å². The lowest BCUT2D eigenvalue weighted by Gasteiger charge is -2.04. The van der Waals surface area contributed by atoms with E-state index in [0.717, 1.165) is 11.3 Å². The van der Waals surface area contributed by atoms with Gasteiger partial charge < -0.3 is 4.74 Å². The molecule has 1 aromatic carbocycles. The van der Waals surface area contributed by atoms with Gasteiger partial charge in [-0.15, -0.1) is 0 Å². The number of benzene rings is 1. The molecule has 0 aliphatic heterocycles. The Balaban J connectivity index is 2.00. The van der Waals surface area contributed by atoms with Crippen LogP contribution in [0.3, 0.4) is 0 Å². The van der Waals surface area contributed by atoms with Crippen molar-refractivity contribution in [3.05, 3.63) is 57.8 Å². The summed E-state index contributed by atoms with van der Waals surface area (Å²) < 4.78 is 5.08. The predicted octanol–water partition coefficient (Wildman–Crippen LogP) is 4.21. The van der Waals surface area contributed by atoms with Crippen LogP contribution >= 0.6 is 23.2 Å². The minimum Gasteiger partial charge on any atom is -0.497 e. The normalized spacial score (nSPS) is 10.3. The van der Waals surface area contributed by atoms with Crippen LogP contribution in [0.1, 0.15) is 22.5 Å². The van der Waals surface area contributed by atoms with E-state index >= 15 is 0 Å². The smallest absolute Gasteiger partial charge is 0.183 e. The van der Waals surface area contributed by atoms with Crippen LogP contribution in [0.2, 0.25) is 10.0 Å². The zero-order chi connectivity index (χ0) is 14.5. The molecule has 0 bridgehead atoms. The summed E-state index contributed by atoms with van der Waals surface area (Å²) in [4.78, 5) is 16.0. The van der Waals surface area contributed by atoms with Gasteiger partial charge in [0, 0.05) is 12.6 Å². The van der Waals surface area contributed by atoms with Crippen molar-refractivity contribution in [1.82, 2.24) is 4.98 Å². The number of hydrogen-bond acceptors (Lipinski definition) is 3. The van der Waals surface area contributed by atoms with Crippen LogP contribution in [-0.2, 0) is 6.42 Å². The van der Waals surface area contributed by atoms with Crippen molar-refractivity contribution in [2.75, 3.05) is 7.11 Å². The molecule has 0 saturated carbocycles. The molecule has 0 aliphatic carbocycles. The number of carbonyl (C=O) groups is 1. The highest BCUT2D eigenvalue weighted by Crippen LogP contribution is 2.20. The second-order valence-corrected chi connectivity index (χ2v) is 5.10. The van der Waals surface area contributed by atoms with Gasteiger partial charge in [-0.1, -0.05) is 35.3 Å². The predicted molar refractivity (Wildman–Crippen MR) is 79.9 cm³/mol. The molecular formula is C15H13Cl2NO2. The molecule has 0 unspecified atom stereocenters. The fourth-order valence-electron chi connectivity index (χ4n) is 1.79. The molecule has 0 aliphatic rings. The number of aromatic nitrogens is 1. The highest BCUT2D eigenvalue weighted by molar-refractivity contribution is 6.36. The maximum Gasteiger partial charge on any atom is 0.183 e. The highest BCUT2D eigenvalue weighted by atomic mass is 35.5. The second kappa shape index (κ2) is 6.73. The Morgan fingerprint density at radius 3 is 2.55 bits per heavy atom. The number of hydrogen-bond donors (Lipinski definition) is 0. The third-order valence-corrected chi connectivity index (χ3v) is 3.37. The summed E-state index contributed by atoms with van der Waals surface area (Å²) in [6.07, 6.45) is 2.40. The quantitative estimate of drug-likeness (QED) is 0.777. The summed E-state index contributed by atoms with van der Waals surface area (Å²) in [6.45, 7) is 0. The van der Waals surface area contributed by atoms with E-state index < -0.39 is 0 Å². The molecule has 2 rings (SSSR count). The Morgan fingerprint density at radius 1 is 1.25 bits per heavy atom. The number of pyridine rings is 1. The zero-order valence-electron chi connectivity index (χ0n) is 10.9. The Labute approximate surface area is 127 Å². The van der Waals surface area contributed by atoms with Crippen molar-refractivity contribution >= 4 is 29.0 Å². The van der Waals surface area contributed by atoms with Crippen molar-refractivity contribution < 1.29 is 9.53 Å². The average molecular weight is 310 g/mol. The first-order valence-corrected chi connectivity index (χ1v) is 6.83. The zero-order valence-corrected chi connectivity index (χ0v) is 12.4. The van der Waals surface area contributed by atoms with E-state index in [2.05, 4.69) is 4.98 Å². The number of aryl methyl sites for hydroxylation is 1. The Morgan fingerprint density at radius 2 is 1.95 bits per heavy atom. The van der Waals surface area contributed by atoms with E-state index in [1.807, 2.05) is 24.3 Å². The summed E-state index contributed by atoms with van der Waals surface area (Å²) in [5.41, 5.74) is 1.33. The van der Waals surface area contributed by atoms with Gasteiger partial charge in [0.15, 0.2) is 5.78 Å². The van der Waals surface area contributed by atoms with Crippen LogP contribution in [0, 0.1) is 0 Å². The van der Waals surface area contributed by atoms with Crippen molar-refractivity contribution in [2.45, 2.75) is 12.8 Å². The van der Waals surface area contributed by atoms with Gasteiger partial charge >= 0.3 is 0 Å². The molecule has 2 aromatic rings. The van der Waals surface area contributed by atoms with Crippen LogP contribution in [0.4, 0.5) is 0 Å². The summed E-state index contributed by atoms with van der Waals surface area (Å²) in [5.74, 6) is 0.699. The lowest BCUT2D eigenvalue weighted by atomic mass is 10.1. The third-order valence-electron chi connectivity index (χ3n) is 2.87. The average Bonchev–Trinajstić information content (AvgIpc) is 2.45. The number of nitrogens with zero attached hydrogens (tertiary/aromatic N) is 1. The Hall–Kier alpha value is -1.58. The minimum absolute atomic E-state index is 0.0949. The molecule has 1 heterocycles. The van der Waals surface area contributed by atoms with Gasteiger partial charge in [0.1, 0.15) is 11.4 Å². The topological polar surface area (TPSA) is 39.2 Å². The number of halogens is 2. The van der Waals surface area contributed by atoms with E-state index in [0.29, 0.717) is 17.9 Å². The molecule has 0 atom stereocenters. The Kier molecular flexibility index (Phi) is 4.99. The van der Waals surface area contributed by atoms with Crippen LogP contribution < -0.4 is 4.74 Å². The maximum absolute atomic E-state index is 12.1. The first-order chi connectivity index (χ1) is 9.60. The number of rotatable bonds is 5. The van der Waals surface area contributed by atoms with Crippen LogP contribution in [0.25, 0.3) is 0 Å². The van der Waals surface area contributed by atoms with E-state index in [1.165, 1.54) is 12.3 Å². The monoisotopic (exact) mass is 309 g/mol. The summed E-state index contributed by atoms with van der Waals surface area (Å²) in [5, 5.41) is 0.707. The van der Waals surface area contributed by atoms with Gasteiger partial charge in [0.2, 0.25) is 0 Å². The number of ether oxygens (including phenoxy) is 1. The molecular weight excluding hydrogens is 297 g/mol. The summed E-state index contributed by atoms with van der Waals surface area (Å²) in [6, 6.07) is 9.13. The molecule has 0 amide bonds. The molecule has 20 heavy (non-hydrogen) atoms. The molecule has 0 fully saturated rings. The largest absolute Gasteiger partial charge is 0.497 e. The van der Waals surface area contributed by atoms with E-state index in [4.69, 9.17) is 27.9 Å². The van der Waals surface area contributed by atoms with Gasteiger partial charge in [-0.3, -0.25) is 9.78 Å². The lowest BCUT2D eigenvalue weighted by Crippen LogP contribution is -2.04. The standard InChI is InChI=1S/C15H13Cl2NO2/c1-20-12-5-2-10(3-6-12)4-7-14(19)15-13(17)8-11(16)9-18-15/h2-3,5-6,8-9H,4,7H2,1H3. The van der Waals surface area contributed by atoms with Crippen molar-refractivity contribution in [1.29, 1.82) is 0 Å². The van der Waals surface area contributed by atoms with Gasteiger partial charge in [-0.05, 0) is 30.2 Å². The van der Waals surface area contributed by atoms with Crippen LogP contribution in [0.15, 0.2) is 36.5 Å². The second-order valence-electron chi connectivity index (χ2n) is 4.26. The van der Waals surface area contributed by atoms with Crippen LogP contribution in [-0.4, -0.2) is 17.9 Å². The fraction of sp³-hybridized carbons (Fsp3) is 0.200. The minimum atomic E-state index is -0.0949. The molecule has 0 spiro atoms. The van der Waals surface area contributed by atoms with E-state index in [1.54, 1.807) is 7.11 Å². The lowest BCUT2D eigenvalue weighted by molar-refractivity contribution is 0.0978. The molecule has 0 N–H and O–H groups in total. The van der Waals surface area contributed by atoms with Crippen molar-refractivity contribution in [3.8, 4) is 5.75 Å². The third kappa shape index (κ3) is 3.71. The van der Waals surface area contributed by atoms with Crippen molar-refractivity contribution in [3.63, 3.8) is 0 Å². The first kappa shape index (κ1) is 14.8. The number of ketones is 1. The Bertz CT molecular complexity index is 612. The van der Waals surface area contributed by atoms with Gasteiger partial charge in [-0.2, -0.15) is 0 Å². The molecule has 0 saturated heterocycles. The number of carbonyl (C=O) groups excluding carboxylic acids is 1. The molecule has 0 radical (unpaired) electrons. The molecule has 5 heteroatoms. The SMILES string of the molecule is COc1ccc(CCC(=O)c2ncc(Cl)cc2Cl)cc1. The summed E-state index contributed by atoms with van der Waals surface area (Å²) >= 11 is 11.7. The molecule has 3 nitrogen and oxygen atoms in total. The maximum atomic E-state index is 12.1. The number of Topliss-reactive ketones (excluding diaryl/α,β-unsaturated/α-hetero) is 1. The first-order valence-electron chi connectivity index (χ1n) is 6.07. The van der Waals surface area contributed by atoms with Crippen molar-refractivity contribution in [2.24, 2.45) is 0 Å². The van der Waals surface area contributed by atoms with Gasteiger partial charge in [0.05, 0.1) is 17.2 Å². The van der Waals surface area contributed by atoms with E-state index in [-0.39, 0.29) is 16.5 Å².